The number of benzene rings is 3. The molecule has 0 saturated carbocycles. The maximum Gasteiger partial charge on any atom is 0.513 e. The van der Waals surface area contributed by atoms with Crippen LogP contribution in [0.2, 0.25) is 0 Å². The van der Waals surface area contributed by atoms with E-state index < -0.39 is 24.1 Å². The molecule has 0 saturated heterocycles. The van der Waals surface area contributed by atoms with Crippen LogP contribution in [0.15, 0.2) is 85.5 Å². The number of rotatable bonds is 14. The first kappa shape index (κ1) is 30.4. The van der Waals surface area contributed by atoms with E-state index in [1.165, 1.54) is 48.5 Å². The van der Waals surface area contributed by atoms with Crippen LogP contribution in [0.4, 0.5) is 4.79 Å². The van der Waals surface area contributed by atoms with Crippen molar-refractivity contribution < 1.29 is 47.6 Å². The maximum atomic E-state index is 12.5. The molecule has 0 atom stereocenters. The molecule has 0 aliphatic carbocycles. The molecular formula is C31H30O10. The molecule has 0 fully saturated rings. The lowest BCUT2D eigenvalue weighted by Gasteiger charge is -2.08. The second-order valence-electron chi connectivity index (χ2n) is 8.49. The second kappa shape index (κ2) is 16.1. The van der Waals surface area contributed by atoms with Crippen molar-refractivity contribution in [2.45, 2.75) is 25.7 Å². The highest BCUT2D eigenvalue weighted by Gasteiger charge is 2.13. The number of carbonyl (C=O) groups excluding carboxylic acids is 4. The van der Waals surface area contributed by atoms with E-state index >= 15 is 0 Å². The van der Waals surface area contributed by atoms with Crippen molar-refractivity contribution in [3.8, 4) is 23.0 Å². The van der Waals surface area contributed by atoms with E-state index in [9.17, 15) is 19.2 Å². The number of hydrogen-bond donors (Lipinski definition) is 0. The van der Waals surface area contributed by atoms with Gasteiger partial charge < -0.3 is 28.4 Å². The van der Waals surface area contributed by atoms with E-state index in [0.29, 0.717) is 30.9 Å². The van der Waals surface area contributed by atoms with Gasteiger partial charge in [-0.15, -0.1) is 0 Å². The zero-order chi connectivity index (χ0) is 29.5. The van der Waals surface area contributed by atoms with E-state index in [-0.39, 0.29) is 29.2 Å². The smallest absolute Gasteiger partial charge is 0.497 e. The van der Waals surface area contributed by atoms with Gasteiger partial charge in [0.05, 0.1) is 31.5 Å². The minimum Gasteiger partial charge on any atom is -0.497 e. The normalized spacial score (nSPS) is 10.2. The zero-order valence-corrected chi connectivity index (χ0v) is 22.5. The van der Waals surface area contributed by atoms with E-state index in [1.807, 2.05) is 0 Å². The molecule has 3 rings (SSSR count). The summed E-state index contributed by atoms with van der Waals surface area (Å²) in [6.07, 6.45) is 3.23. The summed E-state index contributed by atoms with van der Waals surface area (Å²) in [4.78, 5) is 47.7. The van der Waals surface area contributed by atoms with Crippen molar-refractivity contribution in [3.05, 3.63) is 96.6 Å². The average molecular weight is 563 g/mol. The Balaban J connectivity index is 1.37. The van der Waals surface area contributed by atoms with Gasteiger partial charge >= 0.3 is 24.1 Å². The molecule has 214 valence electrons. The number of carbonyl (C=O) groups is 4. The monoisotopic (exact) mass is 562 g/mol. The number of unbranched alkanes of at least 4 members (excludes halogenated alkanes) is 3. The Bertz CT molecular complexity index is 1310. The summed E-state index contributed by atoms with van der Waals surface area (Å²) < 4.78 is 30.8. The first-order chi connectivity index (χ1) is 19.9. The lowest BCUT2D eigenvalue weighted by molar-refractivity contribution is -0.137. The quantitative estimate of drug-likeness (QED) is 0.0767. The van der Waals surface area contributed by atoms with Gasteiger partial charge in [0.2, 0.25) is 0 Å². The summed E-state index contributed by atoms with van der Waals surface area (Å²) in [5.74, 6) is -0.198. The van der Waals surface area contributed by atoms with Gasteiger partial charge in [0, 0.05) is 6.08 Å². The third-order valence-corrected chi connectivity index (χ3v) is 5.53. The van der Waals surface area contributed by atoms with Crippen LogP contribution < -0.4 is 18.9 Å². The molecule has 0 amide bonds. The Kier molecular flexibility index (Phi) is 11.9. The SMILES string of the molecule is C=CC(=O)OCCCCCCOC(=O)Oc1ccc(C(=O)Oc2ccc(C(=O)Oc3ccc(OC)cc3)cc2)cc1. The molecule has 0 unspecified atom stereocenters. The standard InChI is InChI=1S/C31H30O10/c1-3-28(32)37-20-6-4-5-7-21-38-31(35)41-27-14-10-23(11-15-27)29(33)39-25-12-8-22(9-13-25)30(34)40-26-18-16-24(36-2)17-19-26/h3,8-19H,1,4-7,20-21H2,2H3. The fourth-order valence-corrected chi connectivity index (χ4v) is 3.36. The third-order valence-electron chi connectivity index (χ3n) is 5.53. The van der Waals surface area contributed by atoms with Gasteiger partial charge in [0.25, 0.3) is 0 Å². The highest BCUT2D eigenvalue weighted by atomic mass is 16.7. The molecular weight excluding hydrogens is 532 g/mol. The lowest BCUT2D eigenvalue weighted by Crippen LogP contribution is -2.12. The maximum absolute atomic E-state index is 12.5. The minimum absolute atomic E-state index is 0.188. The van der Waals surface area contributed by atoms with Gasteiger partial charge in [0.15, 0.2) is 0 Å². The van der Waals surface area contributed by atoms with Crippen molar-refractivity contribution in [2.24, 2.45) is 0 Å². The molecule has 0 aromatic heterocycles. The van der Waals surface area contributed by atoms with Crippen LogP contribution in [0.25, 0.3) is 0 Å². The number of esters is 3. The third kappa shape index (κ3) is 10.5. The Morgan fingerprint density at radius 3 is 1.46 bits per heavy atom. The zero-order valence-electron chi connectivity index (χ0n) is 22.5. The number of ether oxygens (including phenoxy) is 6. The van der Waals surface area contributed by atoms with Crippen LogP contribution >= 0.6 is 0 Å². The van der Waals surface area contributed by atoms with Gasteiger partial charge in [-0.2, -0.15) is 0 Å². The molecule has 0 radical (unpaired) electrons. The largest absolute Gasteiger partial charge is 0.513 e. The molecule has 0 heterocycles. The second-order valence-corrected chi connectivity index (χ2v) is 8.49. The molecule has 3 aromatic carbocycles. The number of methoxy groups -OCH3 is 1. The molecule has 3 aromatic rings. The average Bonchev–Trinajstić information content (AvgIpc) is 2.99. The summed E-state index contributed by atoms with van der Waals surface area (Å²) in [5.41, 5.74) is 0.507. The highest BCUT2D eigenvalue weighted by molar-refractivity contribution is 5.92. The Morgan fingerprint density at radius 1 is 0.585 bits per heavy atom. The molecule has 0 spiro atoms. The summed E-state index contributed by atoms with van der Waals surface area (Å²) in [6, 6.07) is 18.3. The molecule has 10 heteroatoms. The molecule has 41 heavy (non-hydrogen) atoms. The van der Waals surface area contributed by atoms with Gasteiger partial charge in [-0.25, -0.2) is 19.2 Å². The van der Waals surface area contributed by atoms with Crippen LogP contribution in [0.5, 0.6) is 23.0 Å². The van der Waals surface area contributed by atoms with E-state index in [0.717, 1.165) is 18.9 Å². The Morgan fingerprint density at radius 2 is 1.00 bits per heavy atom. The van der Waals surface area contributed by atoms with Crippen molar-refractivity contribution >= 4 is 24.1 Å². The van der Waals surface area contributed by atoms with Crippen molar-refractivity contribution in [3.63, 3.8) is 0 Å². The topological polar surface area (TPSA) is 124 Å². The van der Waals surface area contributed by atoms with Crippen LogP contribution in [0.3, 0.4) is 0 Å². The Labute approximate surface area is 237 Å². The van der Waals surface area contributed by atoms with Gasteiger partial charge in [0.1, 0.15) is 23.0 Å². The predicted octanol–water partition coefficient (Wildman–Crippen LogP) is 5.94. The van der Waals surface area contributed by atoms with Crippen LogP contribution in [0, 0.1) is 0 Å². The summed E-state index contributed by atoms with van der Waals surface area (Å²) in [6.45, 7) is 3.84. The van der Waals surface area contributed by atoms with Gasteiger partial charge in [-0.3, -0.25) is 0 Å². The first-order valence-electron chi connectivity index (χ1n) is 12.8. The Hall–Kier alpha value is -5.12. The van der Waals surface area contributed by atoms with Crippen molar-refractivity contribution in [2.75, 3.05) is 20.3 Å². The molecule has 0 aliphatic heterocycles. The fraction of sp³-hybridized carbons (Fsp3) is 0.226. The van der Waals surface area contributed by atoms with E-state index in [1.54, 1.807) is 31.4 Å². The molecule has 10 nitrogen and oxygen atoms in total. The van der Waals surface area contributed by atoms with E-state index in [4.69, 9.17) is 28.4 Å². The summed E-state index contributed by atoms with van der Waals surface area (Å²) >= 11 is 0. The molecule has 0 N–H and O–H groups in total. The highest BCUT2D eigenvalue weighted by Crippen LogP contribution is 2.20. The first-order valence-corrected chi connectivity index (χ1v) is 12.8. The summed E-state index contributed by atoms with van der Waals surface area (Å²) in [7, 11) is 1.54. The van der Waals surface area contributed by atoms with Crippen LogP contribution in [-0.2, 0) is 14.3 Å². The molecule has 0 aliphatic rings. The van der Waals surface area contributed by atoms with Crippen molar-refractivity contribution in [1.29, 1.82) is 0 Å². The number of hydrogen-bond acceptors (Lipinski definition) is 10. The summed E-state index contributed by atoms with van der Waals surface area (Å²) in [5, 5.41) is 0. The lowest BCUT2D eigenvalue weighted by atomic mass is 10.2. The van der Waals surface area contributed by atoms with Gasteiger partial charge in [-0.05, 0) is 98.5 Å². The van der Waals surface area contributed by atoms with Crippen molar-refractivity contribution in [1.82, 2.24) is 0 Å². The van der Waals surface area contributed by atoms with Crippen LogP contribution in [0.1, 0.15) is 46.4 Å². The fourth-order valence-electron chi connectivity index (χ4n) is 3.36. The molecule has 0 bridgehead atoms. The van der Waals surface area contributed by atoms with Crippen LogP contribution in [-0.4, -0.2) is 44.4 Å². The predicted molar refractivity (Wildman–Crippen MR) is 147 cm³/mol. The van der Waals surface area contributed by atoms with E-state index in [2.05, 4.69) is 6.58 Å². The minimum atomic E-state index is -0.856. The van der Waals surface area contributed by atoms with Gasteiger partial charge in [-0.1, -0.05) is 6.58 Å².